The van der Waals surface area contributed by atoms with Gasteiger partial charge in [-0.1, -0.05) is 0 Å². The Bertz CT molecular complexity index is 456. The lowest BCUT2D eigenvalue weighted by Gasteiger charge is -2.44. The molecule has 1 aliphatic carbocycles. The second-order valence-electron chi connectivity index (χ2n) is 4.25. The summed E-state index contributed by atoms with van der Waals surface area (Å²) in [4.78, 5) is 11.0. The van der Waals surface area contributed by atoms with E-state index in [1.165, 1.54) is 0 Å². The SMILES string of the molecule is O=C(O)C1(c2cc(F)cc(F)c2)CC(F)(F)C1. The highest BCUT2D eigenvalue weighted by molar-refractivity contribution is 5.83. The molecule has 0 bridgehead atoms. The Morgan fingerprint density at radius 3 is 1.94 bits per heavy atom. The van der Waals surface area contributed by atoms with Gasteiger partial charge in [-0.3, -0.25) is 4.79 Å². The number of carboxylic acid groups (broad SMARTS) is 1. The van der Waals surface area contributed by atoms with Gasteiger partial charge in [0.25, 0.3) is 5.92 Å². The number of aliphatic carboxylic acids is 1. The van der Waals surface area contributed by atoms with E-state index in [-0.39, 0.29) is 5.56 Å². The molecule has 0 heterocycles. The molecule has 6 heteroatoms. The van der Waals surface area contributed by atoms with E-state index in [1.54, 1.807) is 0 Å². The van der Waals surface area contributed by atoms with Crippen molar-refractivity contribution in [3.05, 3.63) is 35.4 Å². The smallest absolute Gasteiger partial charge is 0.314 e. The maximum absolute atomic E-state index is 13.0. The van der Waals surface area contributed by atoms with Gasteiger partial charge in [-0.05, 0) is 17.7 Å². The second kappa shape index (κ2) is 3.45. The lowest BCUT2D eigenvalue weighted by molar-refractivity contribution is -0.174. The molecule has 92 valence electrons. The standard InChI is InChI=1S/C11H8F4O2/c12-7-1-6(2-8(13)3-7)10(9(16)17)4-11(14,15)5-10/h1-3H,4-5H2,(H,16,17). The lowest BCUT2D eigenvalue weighted by atomic mass is 9.62. The zero-order chi connectivity index (χ0) is 12.8. The van der Waals surface area contributed by atoms with Gasteiger partial charge < -0.3 is 5.11 Å². The van der Waals surface area contributed by atoms with Gasteiger partial charge in [0.2, 0.25) is 0 Å². The summed E-state index contributed by atoms with van der Waals surface area (Å²) in [5.74, 6) is -6.54. The van der Waals surface area contributed by atoms with Crippen LogP contribution in [-0.4, -0.2) is 17.0 Å². The average molecular weight is 248 g/mol. The fraction of sp³-hybridized carbons (Fsp3) is 0.364. The topological polar surface area (TPSA) is 37.3 Å². The van der Waals surface area contributed by atoms with Crippen LogP contribution in [0.15, 0.2) is 18.2 Å². The Kier molecular flexibility index (Phi) is 2.41. The van der Waals surface area contributed by atoms with Gasteiger partial charge in [0, 0.05) is 18.9 Å². The number of halogens is 4. The van der Waals surface area contributed by atoms with E-state index in [1.807, 2.05) is 0 Å². The number of hydrogen-bond acceptors (Lipinski definition) is 1. The molecule has 0 spiro atoms. The van der Waals surface area contributed by atoms with Crippen molar-refractivity contribution in [2.75, 3.05) is 0 Å². The average Bonchev–Trinajstić information content (AvgIpc) is 2.11. The minimum absolute atomic E-state index is 0.256. The quantitative estimate of drug-likeness (QED) is 0.817. The van der Waals surface area contributed by atoms with E-state index in [0.29, 0.717) is 6.07 Å². The van der Waals surface area contributed by atoms with Crippen LogP contribution < -0.4 is 0 Å². The number of benzene rings is 1. The van der Waals surface area contributed by atoms with Gasteiger partial charge in [0.15, 0.2) is 0 Å². The van der Waals surface area contributed by atoms with Gasteiger partial charge in [0.1, 0.15) is 17.0 Å². The van der Waals surface area contributed by atoms with Crippen molar-refractivity contribution >= 4 is 5.97 Å². The fourth-order valence-corrected chi connectivity index (χ4v) is 2.14. The molecule has 0 amide bonds. The van der Waals surface area contributed by atoms with Crippen molar-refractivity contribution in [2.24, 2.45) is 0 Å². The molecule has 0 radical (unpaired) electrons. The summed E-state index contributed by atoms with van der Waals surface area (Å²) in [5, 5.41) is 8.97. The van der Waals surface area contributed by atoms with E-state index in [4.69, 9.17) is 5.11 Å². The van der Waals surface area contributed by atoms with Crippen LogP contribution in [-0.2, 0) is 10.2 Å². The molecule has 0 atom stereocenters. The molecule has 0 unspecified atom stereocenters. The molecular formula is C11H8F4O2. The summed E-state index contributed by atoms with van der Waals surface area (Å²) < 4.78 is 51.6. The molecule has 1 aromatic rings. The van der Waals surface area contributed by atoms with E-state index < -0.39 is 41.8 Å². The zero-order valence-corrected chi connectivity index (χ0v) is 8.51. The highest BCUT2D eigenvalue weighted by Crippen LogP contribution is 2.53. The number of rotatable bonds is 2. The fourth-order valence-electron chi connectivity index (χ4n) is 2.14. The first-order chi connectivity index (χ1) is 7.75. The number of hydrogen-bond donors (Lipinski definition) is 1. The minimum Gasteiger partial charge on any atom is -0.481 e. The predicted molar refractivity (Wildman–Crippen MR) is 49.9 cm³/mol. The third-order valence-electron chi connectivity index (χ3n) is 2.95. The normalized spacial score (nSPS) is 20.7. The molecule has 0 saturated heterocycles. The largest absolute Gasteiger partial charge is 0.481 e. The molecule has 2 rings (SSSR count). The summed E-state index contributed by atoms with van der Waals surface area (Å²) in [5.41, 5.74) is -2.14. The number of alkyl halides is 2. The Labute approximate surface area is 93.9 Å². The summed E-state index contributed by atoms with van der Waals surface area (Å²) >= 11 is 0. The first kappa shape index (κ1) is 11.9. The molecule has 1 N–H and O–H groups in total. The molecule has 1 fully saturated rings. The van der Waals surface area contributed by atoms with Gasteiger partial charge in [-0.25, -0.2) is 17.6 Å². The minimum atomic E-state index is -3.10. The Balaban J connectivity index is 2.45. The monoisotopic (exact) mass is 248 g/mol. The molecule has 1 aromatic carbocycles. The van der Waals surface area contributed by atoms with Crippen molar-refractivity contribution in [3.8, 4) is 0 Å². The molecule has 0 aromatic heterocycles. The summed E-state index contributed by atoms with van der Waals surface area (Å²) in [6.07, 6.45) is -1.86. The zero-order valence-electron chi connectivity index (χ0n) is 8.51. The molecular weight excluding hydrogens is 240 g/mol. The predicted octanol–water partition coefficient (Wildman–Crippen LogP) is 2.72. The van der Waals surface area contributed by atoms with E-state index in [0.717, 1.165) is 12.1 Å². The summed E-state index contributed by atoms with van der Waals surface area (Å²) in [6.45, 7) is 0. The van der Waals surface area contributed by atoms with Crippen LogP contribution >= 0.6 is 0 Å². The Morgan fingerprint density at radius 1 is 1.12 bits per heavy atom. The third-order valence-corrected chi connectivity index (χ3v) is 2.95. The van der Waals surface area contributed by atoms with E-state index in [2.05, 4.69) is 0 Å². The van der Waals surface area contributed by atoms with Crippen LogP contribution in [0, 0.1) is 11.6 Å². The van der Waals surface area contributed by atoms with Crippen LogP contribution in [0.2, 0.25) is 0 Å². The molecule has 17 heavy (non-hydrogen) atoms. The van der Waals surface area contributed by atoms with Gasteiger partial charge >= 0.3 is 5.97 Å². The number of carboxylic acids is 1. The second-order valence-corrected chi connectivity index (χ2v) is 4.25. The van der Waals surface area contributed by atoms with Gasteiger partial charge in [0.05, 0.1) is 0 Å². The Hall–Kier alpha value is -1.59. The third kappa shape index (κ3) is 1.87. The van der Waals surface area contributed by atoms with Gasteiger partial charge in [-0.15, -0.1) is 0 Å². The summed E-state index contributed by atoms with van der Waals surface area (Å²) in [7, 11) is 0. The van der Waals surface area contributed by atoms with Crippen LogP contribution in [0.5, 0.6) is 0 Å². The first-order valence-corrected chi connectivity index (χ1v) is 4.83. The maximum atomic E-state index is 13.0. The van der Waals surface area contributed by atoms with Crippen molar-refractivity contribution in [3.63, 3.8) is 0 Å². The van der Waals surface area contributed by atoms with Crippen LogP contribution in [0.1, 0.15) is 18.4 Å². The highest BCUT2D eigenvalue weighted by atomic mass is 19.3. The Morgan fingerprint density at radius 2 is 1.59 bits per heavy atom. The van der Waals surface area contributed by atoms with Crippen molar-refractivity contribution < 1.29 is 27.5 Å². The van der Waals surface area contributed by atoms with Crippen LogP contribution in [0.25, 0.3) is 0 Å². The van der Waals surface area contributed by atoms with Crippen molar-refractivity contribution in [1.82, 2.24) is 0 Å². The van der Waals surface area contributed by atoms with Crippen LogP contribution in [0.4, 0.5) is 17.6 Å². The maximum Gasteiger partial charge on any atom is 0.314 e. The van der Waals surface area contributed by atoms with E-state index >= 15 is 0 Å². The van der Waals surface area contributed by atoms with E-state index in [9.17, 15) is 22.4 Å². The first-order valence-electron chi connectivity index (χ1n) is 4.83. The lowest BCUT2D eigenvalue weighted by Crippen LogP contribution is -2.54. The van der Waals surface area contributed by atoms with Gasteiger partial charge in [-0.2, -0.15) is 0 Å². The van der Waals surface area contributed by atoms with Crippen molar-refractivity contribution in [1.29, 1.82) is 0 Å². The molecule has 1 saturated carbocycles. The number of carbonyl (C=O) groups is 1. The summed E-state index contributed by atoms with van der Waals surface area (Å²) in [6, 6.07) is 2.13. The molecule has 1 aliphatic rings. The highest BCUT2D eigenvalue weighted by Gasteiger charge is 2.62. The van der Waals surface area contributed by atoms with Crippen molar-refractivity contribution in [2.45, 2.75) is 24.2 Å². The molecule has 0 aliphatic heterocycles. The van der Waals surface area contributed by atoms with Crippen LogP contribution in [0.3, 0.4) is 0 Å². The molecule has 2 nitrogen and oxygen atoms in total.